The van der Waals surface area contributed by atoms with Crippen LogP contribution in [0.15, 0.2) is 12.2 Å². The summed E-state index contributed by atoms with van der Waals surface area (Å²) < 4.78 is 0. The molecule has 2 nitrogen and oxygen atoms in total. The highest BCUT2D eigenvalue weighted by Crippen LogP contribution is 2.32. The van der Waals surface area contributed by atoms with Crippen LogP contribution in [-0.2, 0) is 0 Å². The van der Waals surface area contributed by atoms with Gasteiger partial charge in [0.25, 0.3) is 0 Å². The molecule has 2 rings (SSSR count). The van der Waals surface area contributed by atoms with Crippen LogP contribution in [0.25, 0.3) is 0 Å². The van der Waals surface area contributed by atoms with Crippen LogP contribution in [0.3, 0.4) is 0 Å². The maximum Gasteiger partial charge on any atom is 0.0281 e. The standard InChI is InChI=1S/C14H26N2/c1-2-16(13-8-4-3-5-9-13)14-10-6-7-12(14)11-15/h4,8,12-14H,2-3,5-7,9-11,15H2,1H3. The zero-order valence-corrected chi connectivity index (χ0v) is 10.6. The molecule has 92 valence electrons. The van der Waals surface area contributed by atoms with Crippen LogP contribution < -0.4 is 5.73 Å². The van der Waals surface area contributed by atoms with Gasteiger partial charge in [-0.1, -0.05) is 25.5 Å². The molecule has 0 spiro atoms. The molecular formula is C14H26N2. The van der Waals surface area contributed by atoms with Crippen molar-refractivity contribution in [1.29, 1.82) is 0 Å². The third kappa shape index (κ3) is 2.49. The van der Waals surface area contributed by atoms with Gasteiger partial charge in [0.1, 0.15) is 0 Å². The lowest BCUT2D eigenvalue weighted by molar-refractivity contribution is 0.129. The monoisotopic (exact) mass is 222 g/mol. The first-order chi connectivity index (χ1) is 7.86. The Bertz CT molecular complexity index is 237. The Morgan fingerprint density at radius 2 is 2.12 bits per heavy atom. The molecule has 0 aromatic rings. The normalized spacial score (nSPS) is 34.8. The Balaban J connectivity index is 2.02. The maximum atomic E-state index is 5.90. The fourth-order valence-corrected chi connectivity index (χ4v) is 3.51. The van der Waals surface area contributed by atoms with Crippen LogP contribution in [0.5, 0.6) is 0 Å². The number of likely N-dealkylation sites (N-methyl/N-ethyl adjacent to an activating group) is 1. The van der Waals surface area contributed by atoms with Gasteiger partial charge in [-0.3, -0.25) is 4.90 Å². The third-order valence-electron chi connectivity index (χ3n) is 4.37. The van der Waals surface area contributed by atoms with E-state index in [1.807, 2.05) is 0 Å². The van der Waals surface area contributed by atoms with E-state index in [9.17, 15) is 0 Å². The first kappa shape index (κ1) is 12.1. The first-order valence-corrected chi connectivity index (χ1v) is 6.99. The summed E-state index contributed by atoms with van der Waals surface area (Å²) in [7, 11) is 0. The number of nitrogens with two attached hydrogens (primary N) is 1. The quantitative estimate of drug-likeness (QED) is 0.741. The molecule has 0 saturated heterocycles. The largest absolute Gasteiger partial charge is 0.330 e. The van der Waals surface area contributed by atoms with Gasteiger partial charge in [-0.25, -0.2) is 0 Å². The minimum Gasteiger partial charge on any atom is -0.330 e. The second-order valence-corrected chi connectivity index (χ2v) is 5.25. The molecule has 2 heteroatoms. The van der Waals surface area contributed by atoms with E-state index in [4.69, 9.17) is 5.73 Å². The van der Waals surface area contributed by atoms with Crippen molar-refractivity contribution in [3.63, 3.8) is 0 Å². The van der Waals surface area contributed by atoms with Crippen molar-refractivity contribution >= 4 is 0 Å². The van der Waals surface area contributed by atoms with Gasteiger partial charge >= 0.3 is 0 Å². The second-order valence-electron chi connectivity index (χ2n) is 5.25. The molecule has 0 radical (unpaired) electrons. The summed E-state index contributed by atoms with van der Waals surface area (Å²) in [5, 5.41) is 0. The van der Waals surface area contributed by atoms with Gasteiger partial charge in [0, 0.05) is 12.1 Å². The molecule has 1 saturated carbocycles. The molecule has 0 aromatic carbocycles. The van der Waals surface area contributed by atoms with Crippen LogP contribution in [0.2, 0.25) is 0 Å². The number of nitrogens with zero attached hydrogens (tertiary/aromatic N) is 1. The summed E-state index contributed by atoms with van der Waals surface area (Å²) in [5.74, 6) is 0.746. The van der Waals surface area contributed by atoms with Gasteiger partial charge < -0.3 is 5.73 Å². The van der Waals surface area contributed by atoms with Gasteiger partial charge in [-0.15, -0.1) is 0 Å². The second kappa shape index (κ2) is 5.83. The molecule has 0 aliphatic heterocycles. The Labute approximate surface area is 99.9 Å². The summed E-state index contributed by atoms with van der Waals surface area (Å²) >= 11 is 0. The Hall–Kier alpha value is -0.340. The van der Waals surface area contributed by atoms with Gasteiger partial charge in [-0.05, 0) is 51.1 Å². The zero-order chi connectivity index (χ0) is 11.4. The molecule has 2 N–H and O–H groups in total. The molecule has 2 aliphatic rings. The molecule has 0 aromatic heterocycles. The van der Waals surface area contributed by atoms with Crippen molar-refractivity contribution < 1.29 is 0 Å². The van der Waals surface area contributed by atoms with Gasteiger partial charge in [0.15, 0.2) is 0 Å². The lowest BCUT2D eigenvalue weighted by atomic mass is 9.96. The molecule has 16 heavy (non-hydrogen) atoms. The van der Waals surface area contributed by atoms with E-state index in [0.29, 0.717) is 6.04 Å². The minimum absolute atomic E-state index is 0.691. The maximum absolute atomic E-state index is 5.90. The molecule has 0 amide bonds. The Morgan fingerprint density at radius 1 is 1.25 bits per heavy atom. The van der Waals surface area contributed by atoms with Crippen molar-refractivity contribution in [3.05, 3.63) is 12.2 Å². The van der Waals surface area contributed by atoms with Gasteiger partial charge in [0.2, 0.25) is 0 Å². The van der Waals surface area contributed by atoms with Gasteiger partial charge in [0.05, 0.1) is 0 Å². The summed E-state index contributed by atoms with van der Waals surface area (Å²) in [5.41, 5.74) is 5.90. The predicted octanol–water partition coefficient (Wildman–Crippen LogP) is 2.54. The molecule has 3 unspecified atom stereocenters. The van der Waals surface area contributed by atoms with Crippen molar-refractivity contribution in [2.45, 2.75) is 57.5 Å². The molecule has 0 bridgehead atoms. The number of hydrogen-bond acceptors (Lipinski definition) is 2. The third-order valence-corrected chi connectivity index (χ3v) is 4.37. The van der Waals surface area contributed by atoms with E-state index in [1.54, 1.807) is 0 Å². The van der Waals surface area contributed by atoms with Crippen LogP contribution in [0.1, 0.15) is 45.4 Å². The minimum atomic E-state index is 0.691. The Morgan fingerprint density at radius 3 is 2.75 bits per heavy atom. The summed E-state index contributed by atoms with van der Waals surface area (Å²) in [6.07, 6.45) is 12.9. The van der Waals surface area contributed by atoms with E-state index < -0.39 is 0 Å². The average Bonchev–Trinajstić information content (AvgIpc) is 2.80. The molecule has 2 aliphatic carbocycles. The van der Waals surface area contributed by atoms with E-state index in [2.05, 4.69) is 24.0 Å². The lowest BCUT2D eigenvalue weighted by Gasteiger charge is -2.38. The lowest BCUT2D eigenvalue weighted by Crippen LogP contribution is -2.46. The van der Waals surface area contributed by atoms with Crippen LogP contribution in [0, 0.1) is 5.92 Å². The zero-order valence-electron chi connectivity index (χ0n) is 10.6. The molecule has 0 heterocycles. The summed E-state index contributed by atoms with van der Waals surface area (Å²) in [6.45, 7) is 4.35. The van der Waals surface area contributed by atoms with Crippen LogP contribution in [-0.4, -0.2) is 30.1 Å². The fourth-order valence-electron chi connectivity index (χ4n) is 3.51. The molecular weight excluding hydrogens is 196 g/mol. The highest BCUT2D eigenvalue weighted by molar-refractivity contribution is 5.01. The smallest absolute Gasteiger partial charge is 0.0281 e. The summed E-state index contributed by atoms with van der Waals surface area (Å²) in [4.78, 5) is 2.71. The first-order valence-electron chi connectivity index (χ1n) is 6.99. The van der Waals surface area contributed by atoms with E-state index in [0.717, 1.165) is 18.5 Å². The number of allylic oxidation sites excluding steroid dienone is 1. The number of hydrogen-bond donors (Lipinski definition) is 1. The highest BCUT2D eigenvalue weighted by atomic mass is 15.2. The van der Waals surface area contributed by atoms with E-state index in [-0.39, 0.29) is 0 Å². The van der Waals surface area contributed by atoms with E-state index >= 15 is 0 Å². The van der Waals surface area contributed by atoms with Crippen molar-refractivity contribution in [2.75, 3.05) is 13.1 Å². The highest BCUT2D eigenvalue weighted by Gasteiger charge is 2.33. The number of rotatable bonds is 4. The molecule has 1 fully saturated rings. The van der Waals surface area contributed by atoms with Gasteiger partial charge in [-0.2, -0.15) is 0 Å². The Kier molecular flexibility index (Phi) is 4.42. The van der Waals surface area contributed by atoms with Crippen molar-refractivity contribution in [2.24, 2.45) is 11.7 Å². The van der Waals surface area contributed by atoms with Crippen molar-refractivity contribution in [3.8, 4) is 0 Å². The summed E-state index contributed by atoms with van der Waals surface area (Å²) in [6, 6.07) is 1.44. The SMILES string of the molecule is CCN(C1C=CCCC1)C1CCCC1CN. The predicted molar refractivity (Wildman–Crippen MR) is 69.3 cm³/mol. The van der Waals surface area contributed by atoms with E-state index in [1.165, 1.54) is 45.1 Å². The van der Waals surface area contributed by atoms with Crippen LogP contribution in [0.4, 0.5) is 0 Å². The van der Waals surface area contributed by atoms with Crippen molar-refractivity contribution in [1.82, 2.24) is 4.90 Å². The average molecular weight is 222 g/mol. The van der Waals surface area contributed by atoms with Crippen LogP contribution >= 0.6 is 0 Å². The molecule has 3 atom stereocenters. The topological polar surface area (TPSA) is 29.3 Å². The fraction of sp³-hybridized carbons (Fsp3) is 0.857.